The van der Waals surface area contributed by atoms with E-state index < -0.39 is 24.2 Å². The Bertz CT molecular complexity index is 1080. The summed E-state index contributed by atoms with van der Waals surface area (Å²) in [5.41, 5.74) is 0.775. The van der Waals surface area contributed by atoms with Crippen molar-refractivity contribution in [2.24, 2.45) is 10.2 Å². The van der Waals surface area contributed by atoms with E-state index >= 15 is 0 Å². The van der Waals surface area contributed by atoms with Gasteiger partial charge in [0.05, 0.1) is 5.52 Å². The monoisotopic (exact) mass is 496 g/mol. The van der Waals surface area contributed by atoms with E-state index in [4.69, 9.17) is 0 Å². The highest BCUT2D eigenvalue weighted by Crippen LogP contribution is 2.40. The lowest BCUT2D eigenvalue weighted by molar-refractivity contribution is -0.117. The average molecular weight is 498 g/mol. The van der Waals surface area contributed by atoms with Crippen LogP contribution in [-0.4, -0.2) is 28.4 Å². The molecule has 1 aromatic heterocycles. The summed E-state index contributed by atoms with van der Waals surface area (Å²) >= 11 is 6.69. The third kappa shape index (κ3) is 4.40. The van der Waals surface area contributed by atoms with E-state index in [0.29, 0.717) is 15.4 Å². The van der Waals surface area contributed by atoms with Crippen molar-refractivity contribution in [3.8, 4) is 5.88 Å². The first-order valence-electron chi connectivity index (χ1n) is 7.53. The zero-order valence-electron chi connectivity index (χ0n) is 13.5. The molecule has 3 rings (SSSR count). The molecule has 0 bridgehead atoms. The van der Waals surface area contributed by atoms with Crippen molar-refractivity contribution >= 4 is 60.3 Å². The van der Waals surface area contributed by atoms with E-state index in [9.17, 15) is 19.1 Å². The van der Waals surface area contributed by atoms with Gasteiger partial charge in [0.15, 0.2) is 5.69 Å². The van der Waals surface area contributed by atoms with Gasteiger partial charge in [0, 0.05) is 19.9 Å². The van der Waals surface area contributed by atoms with Crippen molar-refractivity contribution in [2.45, 2.75) is 0 Å². The second-order valence-electron chi connectivity index (χ2n) is 5.42. The van der Waals surface area contributed by atoms with Gasteiger partial charge in [-0.2, -0.15) is 0 Å². The lowest BCUT2D eigenvalue weighted by Crippen LogP contribution is -2.28. The van der Waals surface area contributed by atoms with Crippen LogP contribution in [-0.2, 0) is 4.79 Å². The molecule has 0 aliphatic rings. The highest BCUT2D eigenvalue weighted by molar-refractivity contribution is 9.11. The SMILES string of the molecule is O=C(CNC(=O)c1cccc(F)c1)N=Nc1c(O)[nH]c2c(Br)cc(Br)cc12. The molecule has 0 aliphatic heterocycles. The Kier molecular flexibility index (Phi) is 5.66. The van der Waals surface area contributed by atoms with E-state index in [0.717, 1.165) is 10.5 Å². The van der Waals surface area contributed by atoms with Crippen LogP contribution < -0.4 is 5.32 Å². The molecule has 0 radical (unpaired) electrons. The number of hydrogen-bond acceptors (Lipinski definition) is 4. The van der Waals surface area contributed by atoms with E-state index in [2.05, 4.69) is 52.4 Å². The maximum absolute atomic E-state index is 13.1. The van der Waals surface area contributed by atoms with E-state index in [1.54, 1.807) is 12.1 Å². The molecule has 0 saturated carbocycles. The van der Waals surface area contributed by atoms with Gasteiger partial charge in [-0.05, 0) is 46.3 Å². The quantitative estimate of drug-likeness (QED) is 0.459. The molecule has 2 aromatic carbocycles. The first-order valence-corrected chi connectivity index (χ1v) is 9.12. The molecule has 0 saturated heterocycles. The molecule has 3 N–H and O–H groups in total. The van der Waals surface area contributed by atoms with Gasteiger partial charge in [-0.1, -0.05) is 22.0 Å². The van der Waals surface area contributed by atoms with Crippen molar-refractivity contribution in [2.75, 3.05) is 6.54 Å². The number of fused-ring (bicyclic) bond motifs is 1. The molecule has 2 amide bonds. The maximum atomic E-state index is 13.1. The summed E-state index contributed by atoms with van der Waals surface area (Å²) in [6.07, 6.45) is 0. The molecule has 0 fully saturated rings. The van der Waals surface area contributed by atoms with Crippen molar-refractivity contribution in [1.82, 2.24) is 10.3 Å². The summed E-state index contributed by atoms with van der Waals surface area (Å²) in [7, 11) is 0. The minimum Gasteiger partial charge on any atom is -0.493 e. The van der Waals surface area contributed by atoms with Gasteiger partial charge in [0.25, 0.3) is 11.8 Å². The zero-order valence-corrected chi connectivity index (χ0v) is 16.6. The first kappa shape index (κ1) is 19.2. The molecule has 0 unspecified atom stereocenters. The van der Waals surface area contributed by atoms with Gasteiger partial charge < -0.3 is 15.4 Å². The second-order valence-corrected chi connectivity index (χ2v) is 7.19. The number of aromatic amines is 1. The number of carbonyl (C=O) groups excluding carboxylic acids is 2. The van der Waals surface area contributed by atoms with Crippen LogP contribution in [0.4, 0.5) is 10.1 Å². The molecule has 0 spiro atoms. The number of amides is 2. The largest absolute Gasteiger partial charge is 0.493 e. The van der Waals surface area contributed by atoms with Gasteiger partial charge in [-0.15, -0.1) is 10.2 Å². The normalized spacial score (nSPS) is 11.2. The van der Waals surface area contributed by atoms with Crippen molar-refractivity contribution in [1.29, 1.82) is 0 Å². The minimum atomic E-state index is -0.734. The van der Waals surface area contributed by atoms with E-state index in [-0.39, 0.29) is 17.1 Å². The number of benzene rings is 2. The Morgan fingerprint density at radius 3 is 2.74 bits per heavy atom. The number of halogens is 3. The van der Waals surface area contributed by atoms with Gasteiger partial charge in [0.1, 0.15) is 12.4 Å². The minimum absolute atomic E-state index is 0.0868. The highest BCUT2D eigenvalue weighted by atomic mass is 79.9. The lowest BCUT2D eigenvalue weighted by Gasteiger charge is -2.02. The average Bonchev–Trinajstić information content (AvgIpc) is 2.93. The van der Waals surface area contributed by atoms with Crippen molar-refractivity contribution in [3.05, 3.63) is 56.7 Å². The second kappa shape index (κ2) is 7.97. The molecular weight excluding hydrogens is 487 g/mol. The number of azo groups is 1. The predicted octanol–water partition coefficient (Wildman–Crippen LogP) is 4.58. The Morgan fingerprint density at radius 2 is 2.00 bits per heavy atom. The predicted molar refractivity (Wildman–Crippen MR) is 104 cm³/mol. The topological polar surface area (TPSA) is 107 Å². The molecule has 0 atom stereocenters. The Hall–Kier alpha value is -2.59. The number of carbonyl (C=O) groups is 2. The molecule has 3 aromatic rings. The summed E-state index contributed by atoms with van der Waals surface area (Å²) in [4.78, 5) is 26.5. The van der Waals surface area contributed by atoms with Gasteiger partial charge >= 0.3 is 0 Å². The van der Waals surface area contributed by atoms with Crippen molar-refractivity contribution in [3.63, 3.8) is 0 Å². The summed E-state index contributed by atoms with van der Waals surface area (Å²) < 4.78 is 14.5. The van der Waals surface area contributed by atoms with Crippen LogP contribution >= 0.6 is 31.9 Å². The summed E-state index contributed by atoms with van der Waals surface area (Å²) in [5.74, 6) is -2.15. The summed E-state index contributed by atoms with van der Waals surface area (Å²) in [5, 5.41) is 20.2. The van der Waals surface area contributed by atoms with Gasteiger partial charge in [0.2, 0.25) is 5.88 Å². The first-order chi connectivity index (χ1) is 12.8. The number of rotatable bonds is 4. The van der Waals surface area contributed by atoms with Crippen LogP contribution in [0.15, 0.2) is 55.6 Å². The third-order valence-electron chi connectivity index (χ3n) is 3.53. The van der Waals surface area contributed by atoms with Gasteiger partial charge in [-0.25, -0.2) is 4.39 Å². The van der Waals surface area contributed by atoms with Crippen LogP contribution in [0.5, 0.6) is 5.88 Å². The van der Waals surface area contributed by atoms with Crippen LogP contribution in [0.25, 0.3) is 10.9 Å². The number of nitrogens with one attached hydrogen (secondary N) is 2. The third-order valence-corrected chi connectivity index (χ3v) is 4.61. The molecule has 0 aliphatic carbocycles. The van der Waals surface area contributed by atoms with E-state index in [1.807, 2.05) is 0 Å². The summed E-state index contributed by atoms with van der Waals surface area (Å²) in [6, 6.07) is 8.57. The maximum Gasteiger partial charge on any atom is 0.283 e. The highest BCUT2D eigenvalue weighted by Gasteiger charge is 2.14. The molecule has 138 valence electrons. The zero-order chi connectivity index (χ0) is 19.6. The number of hydrogen-bond donors (Lipinski definition) is 3. The van der Waals surface area contributed by atoms with Crippen LogP contribution in [0, 0.1) is 5.82 Å². The van der Waals surface area contributed by atoms with E-state index in [1.165, 1.54) is 18.2 Å². The number of aromatic hydroxyl groups is 1. The van der Waals surface area contributed by atoms with Gasteiger partial charge in [-0.3, -0.25) is 9.59 Å². The Balaban J connectivity index is 1.71. The van der Waals surface area contributed by atoms with Crippen LogP contribution in [0.3, 0.4) is 0 Å². The molecular formula is C17H11Br2FN4O3. The molecule has 1 heterocycles. The fourth-order valence-corrected chi connectivity index (χ4v) is 3.65. The molecule has 27 heavy (non-hydrogen) atoms. The molecule has 7 nitrogen and oxygen atoms in total. The number of nitrogens with zero attached hydrogens (tertiary/aromatic N) is 2. The standard InChI is InChI=1S/C17H11Br2FN4O3/c18-9-5-11-14(12(19)6-9)22-17(27)15(11)24-23-13(25)7-21-16(26)8-2-1-3-10(20)4-8/h1-6,22,27H,7H2,(H,21,26). The fraction of sp³-hybridized carbons (Fsp3) is 0.0588. The summed E-state index contributed by atoms with van der Waals surface area (Å²) in [6.45, 7) is -0.421. The van der Waals surface area contributed by atoms with Crippen LogP contribution in [0.1, 0.15) is 10.4 Å². The number of H-pyrrole nitrogens is 1. The number of aromatic nitrogens is 1. The Morgan fingerprint density at radius 1 is 1.22 bits per heavy atom. The fourth-order valence-electron chi connectivity index (χ4n) is 2.32. The van der Waals surface area contributed by atoms with Crippen LogP contribution in [0.2, 0.25) is 0 Å². The van der Waals surface area contributed by atoms with Crippen molar-refractivity contribution < 1.29 is 19.1 Å². The molecule has 10 heteroatoms. The smallest absolute Gasteiger partial charge is 0.283 e. The lowest BCUT2D eigenvalue weighted by atomic mass is 10.2. The Labute approximate surface area is 168 Å².